The SMILES string of the molecule is Oc1cccc(-c2ccc3ccc4ccc(-c5cc(O)cc(-c6ccc7ccc8ccc(-c9cccc(O)c9)nc8c7n6)c5)nc4c3n2)c1. The predicted octanol–water partition coefficient (Wildman–Crippen LogP) is 9.66. The van der Waals surface area contributed by atoms with E-state index in [2.05, 4.69) is 0 Å². The van der Waals surface area contributed by atoms with Crippen LogP contribution in [0.15, 0.2) is 140 Å². The first-order chi connectivity index (χ1) is 23.9. The van der Waals surface area contributed by atoms with Gasteiger partial charge in [0, 0.05) is 43.8 Å². The average Bonchev–Trinajstić information content (AvgIpc) is 3.13. The summed E-state index contributed by atoms with van der Waals surface area (Å²) in [5.41, 5.74) is 8.93. The average molecular weight is 635 g/mol. The maximum absolute atomic E-state index is 10.9. The zero-order valence-corrected chi connectivity index (χ0v) is 25.9. The minimum atomic E-state index is 0.0979. The van der Waals surface area contributed by atoms with Crippen LogP contribution in [0.2, 0.25) is 0 Å². The van der Waals surface area contributed by atoms with Gasteiger partial charge in [-0.3, -0.25) is 0 Å². The van der Waals surface area contributed by atoms with E-state index in [0.717, 1.165) is 77.3 Å². The van der Waals surface area contributed by atoms with Gasteiger partial charge in [0.25, 0.3) is 0 Å². The van der Waals surface area contributed by atoms with Crippen LogP contribution < -0.4 is 0 Å². The van der Waals surface area contributed by atoms with Crippen molar-refractivity contribution in [1.82, 2.24) is 19.9 Å². The number of nitrogens with zero attached hydrogens (tertiary/aromatic N) is 4. The van der Waals surface area contributed by atoms with E-state index < -0.39 is 0 Å². The second-order valence-electron chi connectivity index (χ2n) is 12.1. The summed E-state index contributed by atoms with van der Waals surface area (Å²) in [7, 11) is 0. The van der Waals surface area contributed by atoms with Crippen LogP contribution in [-0.2, 0) is 0 Å². The summed E-state index contributed by atoms with van der Waals surface area (Å²) in [6, 6.07) is 43.4. The molecular weight excluding hydrogens is 608 g/mol. The number of fused-ring (bicyclic) bond motifs is 6. The largest absolute Gasteiger partial charge is 0.508 e. The van der Waals surface area contributed by atoms with E-state index in [1.54, 1.807) is 48.5 Å². The molecular formula is C42H26N4O3. The third-order valence-electron chi connectivity index (χ3n) is 8.83. The molecule has 0 bridgehead atoms. The van der Waals surface area contributed by atoms with Crippen LogP contribution in [0, 0.1) is 0 Å². The van der Waals surface area contributed by atoms with Crippen LogP contribution in [-0.4, -0.2) is 35.3 Å². The Labute approximate surface area is 280 Å². The van der Waals surface area contributed by atoms with Gasteiger partial charge in [0.05, 0.1) is 44.8 Å². The molecule has 9 rings (SSSR count). The highest BCUT2D eigenvalue weighted by Crippen LogP contribution is 2.35. The van der Waals surface area contributed by atoms with Crippen LogP contribution >= 0.6 is 0 Å². The molecule has 9 aromatic rings. The van der Waals surface area contributed by atoms with Crippen molar-refractivity contribution in [1.29, 1.82) is 0 Å². The lowest BCUT2D eigenvalue weighted by molar-refractivity contribution is 0.475. The maximum atomic E-state index is 10.9. The summed E-state index contributed by atoms with van der Waals surface area (Å²) in [5.74, 6) is 0.461. The Morgan fingerprint density at radius 2 is 0.592 bits per heavy atom. The van der Waals surface area contributed by atoms with Crippen molar-refractivity contribution in [3.05, 3.63) is 140 Å². The molecule has 0 fully saturated rings. The van der Waals surface area contributed by atoms with Crippen molar-refractivity contribution < 1.29 is 15.3 Å². The van der Waals surface area contributed by atoms with Crippen molar-refractivity contribution in [2.24, 2.45) is 0 Å². The summed E-state index contributed by atoms with van der Waals surface area (Å²) >= 11 is 0. The Hall–Kier alpha value is -6.86. The van der Waals surface area contributed by atoms with Crippen LogP contribution in [0.25, 0.3) is 88.6 Å². The van der Waals surface area contributed by atoms with Gasteiger partial charge in [-0.15, -0.1) is 0 Å². The molecule has 232 valence electrons. The minimum absolute atomic E-state index is 0.0979. The number of aromatic hydroxyl groups is 3. The summed E-state index contributed by atoms with van der Waals surface area (Å²) in [4.78, 5) is 20.1. The van der Waals surface area contributed by atoms with Crippen LogP contribution in [0.1, 0.15) is 0 Å². The third-order valence-corrected chi connectivity index (χ3v) is 8.83. The Morgan fingerprint density at radius 1 is 0.286 bits per heavy atom. The lowest BCUT2D eigenvalue weighted by atomic mass is 10.0. The summed E-state index contributed by atoms with van der Waals surface area (Å²) in [5, 5.41) is 34.8. The lowest BCUT2D eigenvalue weighted by Gasteiger charge is -2.11. The first-order valence-corrected chi connectivity index (χ1v) is 15.8. The summed E-state index contributed by atoms with van der Waals surface area (Å²) in [6.45, 7) is 0. The van der Waals surface area contributed by atoms with Crippen molar-refractivity contribution in [2.75, 3.05) is 0 Å². The molecule has 4 aromatic heterocycles. The molecule has 0 saturated carbocycles. The molecule has 0 atom stereocenters. The molecule has 0 aliphatic carbocycles. The minimum Gasteiger partial charge on any atom is -0.508 e. The quantitative estimate of drug-likeness (QED) is 0.165. The number of pyridine rings is 4. The molecule has 49 heavy (non-hydrogen) atoms. The Bertz CT molecular complexity index is 2590. The highest BCUT2D eigenvalue weighted by Gasteiger charge is 2.13. The van der Waals surface area contributed by atoms with Gasteiger partial charge >= 0.3 is 0 Å². The fraction of sp³-hybridized carbons (Fsp3) is 0. The van der Waals surface area contributed by atoms with E-state index in [4.69, 9.17) is 19.9 Å². The molecule has 4 heterocycles. The van der Waals surface area contributed by atoms with Gasteiger partial charge in [-0.25, -0.2) is 19.9 Å². The molecule has 0 saturated heterocycles. The fourth-order valence-corrected chi connectivity index (χ4v) is 6.42. The molecule has 5 aromatic carbocycles. The van der Waals surface area contributed by atoms with E-state index in [1.807, 2.05) is 91.0 Å². The highest BCUT2D eigenvalue weighted by molar-refractivity contribution is 6.05. The van der Waals surface area contributed by atoms with E-state index >= 15 is 0 Å². The molecule has 7 heteroatoms. The van der Waals surface area contributed by atoms with Gasteiger partial charge in [-0.05, 0) is 66.7 Å². The number of phenolic OH excluding ortho intramolecular Hbond substituents is 3. The zero-order chi connectivity index (χ0) is 33.1. The van der Waals surface area contributed by atoms with Crippen LogP contribution in [0.5, 0.6) is 17.2 Å². The fourth-order valence-electron chi connectivity index (χ4n) is 6.42. The molecule has 0 radical (unpaired) electrons. The predicted molar refractivity (Wildman–Crippen MR) is 194 cm³/mol. The maximum Gasteiger partial charge on any atom is 0.116 e. The van der Waals surface area contributed by atoms with Gasteiger partial charge in [0.1, 0.15) is 17.2 Å². The van der Waals surface area contributed by atoms with E-state index in [-0.39, 0.29) is 17.2 Å². The number of phenols is 3. The lowest BCUT2D eigenvalue weighted by Crippen LogP contribution is -1.93. The molecule has 0 aliphatic rings. The number of aromatic nitrogens is 4. The van der Waals surface area contributed by atoms with Crippen LogP contribution in [0.4, 0.5) is 0 Å². The van der Waals surface area contributed by atoms with Crippen molar-refractivity contribution in [3.8, 4) is 62.3 Å². The van der Waals surface area contributed by atoms with Gasteiger partial charge in [-0.2, -0.15) is 0 Å². The smallest absolute Gasteiger partial charge is 0.116 e. The molecule has 7 nitrogen and oxygen atoms in total. The van der Waals surface area contributed by atoms with Gasteiger partial charge in [-0.1, -0.05) is 72.8 Å². The zero-order valence-electron chi connectivity index (χ0n) is 25.9. The van der Waals surface area contributed by atoms with Crippen molar-refractivity contribution in [2.45, 2.75) is 0 Å². The molecule has 0 amide bonds. The number of benzene rings is 5. The van der Waals surface area contributed by atoms with Gasteiger partial charge in [0.15, 0.2) is 0 Å². The van der Waals surface area contributed by atoms with Crippen LogP contribution in [0.3, 0.4) is 0 Å². The topological polar surface area (TPSA) is 112 Å². The molecule has 0 aliphatic heterocycles. The highest BCUT2D eigenvalue weighted by atomic mass is 16.3. The van der Waals surface area contributed by atoms with E-state index in [9.17, 15) is 15.3 Å². The Kier molecular flexibility index (Phi) is 6.45. The third kappa shape index (κ3) is 5.10. The first-order valence-electron chi connectivity index (χ1n) is 15.8. The standard InChI is InChI=1S/C42H26N4O3/c47-32-5-1-3-28(20-32)35-15-11-24-7-9-26-13-17-37(45-41(26)39(24)43-35)30-19-31(23-34(49)22-30)38-18-14-27-10-8-25-12-16-36(44-40(25)42(27)46-38)29-4-2-6-33(48)21-29/h1-23,47-49H. The second kappa shape index (κ2) is 11.1. The monoisotopic (exact) mass is 634 g/mol. The normalized spacial score (nSPS) is 11.5. The Balaban J connectivity index is 1.16. The summed E-state index contributed by atoms with van der Waals surface area (Å²) < 4.78 is 0. The molecule has 3 N–H and O–H groups in total. The summed E-state index contributed by atoms with van der Waals surface area (Å²) in [6.07, 6.45) is 0. The van der Waals surface area contributed by atoms with Crippen molar-refractivity contribution in [3.63, 3.8) is 0 Å². The molecule has 0 unspecified atom stereocenters. The van der Waals surface area contributed by atoms with E-state index in [1.165, 1.54) is 0 Å². The number of hydrogen-bond acceptors (Lipinski definition) is 7. The van der Waals surface area contributed by atoms with E-state index in [0.29, 0.717) is 11.4 Å². The molecule has 0 spiro atoms. The van der Waals surface area contributed by atoms with Gasteiger partial charge in [0.2, 0.25) is 0 Å². The van der Waals surface area contributed by atoms with Gasteiger partial charge < -0.3 is 15.3 Å². The second-order valence-corrected chi connectivity index (χ2v) is 12.1. The van der Waals surface area contributed by atoms with Crippen molar-refractivity contribution >= 4 is 43.6 Å². The first kappa shape index (κ1) is 28.4. The number of hydrogen-bond donors (Lipinski definition) is 3. The number of rotatable bonds is 4. The Morgan fingerprint density at radius 3 is 0.939 bits per heavy atom.